The van der Waals surface area contributed by atoms with Crippen molar-refractivity contribution in [2.24, 2.45) is 0 Å². The van der Waals surface area contributed by atoms with E-state index >= 15 is 0 Å². The van der Waals surface area contributed by atoms with E-state index in [1.165, 1.54) is 16.7 Å². The second-order valence-electron chi connectivity index (χ2n) is 6.48. The van der Waals surface area contributed by atoms with Crippen LogP contribution >= 0.6 is 0 Å². The molecule has 2 rings (SSSR count). The Morgan fingerprint density at radius 3 is 1.91 bits per heavy atom. The van der Waals surface area contributed by atoms with Crippen molar-refractivity contribution >= 4 is 11.6 Å². The SMILES string of the molecule is CC(C)[N+](C)(C)C/C(=C\c1ccccc1)c1ccccc1.[Br-]. The molecule has 2 aromatic carbocycles. The molecule has 1 nitrogen and oxygen atoms in total. The summed E-state index contributed by atoms with van der Waals surface area (Å²) in [6, 6.07) is 21.9. The molecular weight excluding hydrogens is 334 g/mol. The lowest BCUT2D eigenvalue weighted by Crippen LogP contribution is -3.00. The highest BCUT2D eigenvalue weighted by molar-refractivity contribution is 5.82. The number of rotatable bonds is 5. The Morgan fingerprint density at radius 2 is 1.41 bits per heavy atom. The molecular formula is C20H26BrN. The maximum absolute atomic E-state index is 2.32. The van der Waals surface area contributed by atoms with Gasteiger partial charge < -0.3 is 21.5 Å². The number of quaternary nitrogens is 1. The van der Waals surface area contributed by atoms with Gasteiger partial charge in [0.1, 0.15) is 6.54 Å². The molecule has 0 N–H and O–H groups in total. The Bertz CT molecular complexity index is 586. The zero-order chi connectivity index (χ0) is 15.3. The molecule has 22 heavy (non-hydrogen) atoms. The lowest BCUT2D eigenvalue weighted by atomic mass is 10.0. The summed E-state index contributed by atoms with van der Waals surface area (Å²) >= 11 is 0. The molecule has 0 aliphatic heterocycles. The molecule has 0 saturated carbocycles. The molecule has 118 valence electrons. The first kappa shape index (κ1) is 18.7. The van der Waals surface area contributed by atoms with Crippen molar-refractivity contribution in [2.45, 2.75) is 19.9 Å². The van der Waals surface area contributed by atoms with Gasteiger partial charge in [-0.05, 0) is 31.1 Å². The van der Waals surface area contributed by atoms with Gasteiger partial charge in [-0.2, -0.15) is 0 Å². The number of nitrogens with zero attached hydrogens (tertiary/aromatic N) is 1. The van der Waals surface area contributed by atoms with E-state index in [4.69, 9.17) is 0 Å². The van der Waals surface area contributed by atoms with Gasteiger partial charge in [0.25, 0.3) is 0 Å². The van der Waals surface area contributed by atoms with Gasteiger partial charge in [-0.15, -0.1) is 0 Å². The predicted molar refractivity (Wildman–Crippen MR) is 92.9 cm³/mol. The summed E-state index contributed by atoms with van der Waals surface area (Å²) in [5.74, 6) is 0. The Labute approximate surface area is 145 Å². The molecule has 0 aromatic heterocycles. The Morgan fingerprint density at radius 1 is 0.909 bits per heavy atom. The summed E-state index contributed by atoms with van der Waals surface area (Å²) in [6.45, 7) is 5.59. The fourth-order valence-electron chi connectivity index (χ4n) is 2.24. The van der Waals surface area contributed by atoms with Gasteiger partial charge in [-0.25, -0.2) is 0 Å². The quantitative estimate of drug-likeness (QED) is 0.563. The van der Waals surface area contributed by atoms with Crippen molar-refractivity contribution in [3.8, 4) is 0 Å². The second kappa shape index (κ2) is 8.30. The minimum absolute atomic E-state index is 0. The molecule has 0 bridgehead atoms. The van der Waals surface area contributed by atoms with E-state index in [2.05, 4.69) is 94.7 Å². The number of hydrogen-bond acceptors (Lipinski definition) is 0. The van der Waals surface area contributed by atoms with Crippen molar-refractivity contribution in [3.63, 3.8) is 0 Å². The van der Waals surface area contributed by atoms with Crippen LogP contribution in [0.4, 0.5) is 0 Å². The topological polar surface area (TPSA) is 0 Å². The number of likely N-dealkylation sites (N-methyl/N-ethyl adjacent to an activating group) is 1. The summed E-state index contributed by atoms with van der Waals surface area (Å²) in [5, 5.41) is 0. The van der Waals surface area contributed by atoms with Gasteiger partial charge in [0.05, 0.1) is 20.1 Å². The zero-order valence-electron chi connectivity index (χ0n) is 14.0. The first-order chi connectivity index (χ1) is 9.99. The van der Waals surface area contributed by atoms with E-state index in [-0.39, 0.29) is 17.0 Å². The molecule has 2 heteroatoms. The standard InChI is InChI=1S/C20H26N.BrH/c1-17(2)21(3,4)16-20(19-13-9-6-10-14-19)15-18-11-7-5-8-12-18;/h5-15,17H,16H2,1-4H3;1H/q+1;/p-1/b20-15+;. The fraction of sp³-hybridized carbons (Fsp3) is 0.300. The second-order valence-corrected chi connectivity index (χ2v) is 6.48. The highest BCUT2D eigenvalue weighted by Crippen LogP contribution is 2.22. The molecule has 2 aromatic rings. The Kier molecular flexibility index (Phi) is 7.05. The van der Waals surface area contributed by atoms with Crippen molar-refractivity contribution in [1.82, 2.24) is 0 Å². The van der Waals surface area contributed by atoms with E-state index in [1.807, 2.05) is 0 Å². The van der Waals surface area contributed by atoms with Crippen LogP contribution in [0.3, 0.4) is 0 Å². The summed E-state index contributed by atoms with van der Waals surface area (Å²) in [5.41, 5.74) is 3.97. The summed E-state index contributed by atoms with van der Waals surface area (Å²) in [4.78, 5) is 0. The number of benzene rings is 2. The average Bonchev–Trinajstić information content (AvgIpc) is 2.48. The molecule has 0 saturated heterocycles. The lowest BCUT2D eigenvalue weighted by molar-refractivity contribution is -0.903. The van der Waals surface area contributed by atoms with Crippen LogP contribution in [-0.2, 0) is 0 Å². The van der Waals surface area contributed by atoms with Gasteiger partial charge in [0, 0.05) is 5.57 Å². The monoisotopic (exact) mass is 359 g/mol. The van der Waals surface area contributed by atoms with Crippen LogP contribution < -0.4 is 17.0 Å². The van der Waals surface area contributed by atoms with Crippen LogP contribution in [0.1, 0.15) is 25.0 Å². The van der Waals surface area contributed by atoms with Gasteiger partial charge in [0.2, 0.25) is 0 Å². The van der Waals surface area contributed by atoms with E-state index in [1.54, 1.807) is 0 Å². The molecule has 0 aliphatic carbocycles. The summed E-state index contributed by atoms with van der Waals surface area (Å²) < 4.78 is 0.980. The van der Waals surface area contributed by atoms with Crippen molar-refractivity contribution in [3.05, 3.63) is 71.8 Å². The molecule has 0 unspecified atom stereocenters. The van der Waals surface area contributed by atoms with E-state index in [0.717, 1.165) is 11.0 Å². The van der Waals surface area contributed by atoms with E-state index in [9.17, 15) is 0 Å². The lowest BCUT2D eigenvalue weighted by Gasteiger charge is -2.35. The minimum atomic E-state index is 0. The molecule has 0 spiro atoms. The van der Waals surface area contributed by atoms with Crippen LogP contribution in [0.2, 0.25) is 0 Å². The zero-order valence-corrected chi connectivity index (χ0v) is 15.5. The van der Waals surface area contributed by atoms with Crippen LogP contribution in [0.25, 0.3) is 11.6 Å². The van der Waals surface area contributed by atoms with Gasteiger partial charge in [0.15, 0.2) is 0 Å². The van der Waals surface area contributed by atoms with Crippen LogP contribution in [0.15, 0.2) is 60.7 Å². The highest BCUT2D eigenvalue weighted by Gasteiger charge is 2.22. The fourth-order valence-corrected chi connectivity index (χ4v) is 2.24. The first-order valence-electron chi connectivity index (χ1n) is 7.63. The van der Waals surface area contributed by atoms with Crippen molar-refractivity contribution in [1.29, 1.82) is 0 Å². The predicted octanol–water partition coefficient (Wildman–Crippen LogP) is 1.72. The summed E-state index contributed by atoms with van der Waals surface area (Å²) in [6.07, 6.45) is 2.32. The van der Waals surface area contributed by atoms with Gasteiger partial charge in [-0.3, -0.25) is 0 Å². The third-order valence-electron chi connectivity index (χ3n) is 4.26. The molecule has 0 amide bonds. The highest BCUT2D eigenvalue weighted by atomic mass is 79.9. The maximum Gasteiger partial charge on any atom is 0.105 e. The largest absolute Gasteiger partial charge is 1.00 e. The van der Waals surface area contributed by atoms with Crippen LogP contribution in [0.5, 0.6) is 0 Å². The van der Waals surface area contributed by atoms with Gasteiger partial charge >= 0.3 is 0 Å². The normalized spacial score (nSPS) is 12.1. The average molecular weight is 360 g/mol. The van der Waals surface area contributed by atoms with E-state index < -0.39 is 0 Å². The van der Waals surface area contributed by atoms with Crippen LogP contribution in [-0.4, -0.2) is 31.2 Å². The molecule has 0 heterocycles. The third-order valence-corrected chi connectivity index (χ3v) is 4.26. The van der Waals surface area contributed by atoms with Gasteiger partial charge in [-0.1, -0.05) is 60.7 Å². The van der Waals surface area contributed by atoms with E-state index in [0.29, 0.717) is 6.04 Å². The van der Waals surface area contributed by atoms with Crippen molar-refractivity contribution in [2.75, 3.05) is 20.6 Å². The molecule has 0 aliphatic rings. The van der Waals surface area contributed by atoms with Crippen molar-refractivity contribution < 1.29 is 21.5 Å². The maximum atomic E-state index is 2.32. The Balaban J connectivity index is 0.00000242. The Hall–Kier alpha value is -1.38. The van der Waals surface area contributed by atoms with Crippen LogP contribution in [0, 0.1) is 0 Å². The number of halogens is 1. The minimum Gasteiger partial charge on any atom is -1.00 e. The molecule has 0 fully saturated rings. The molecule has 0 radical (unpaired) electrons. The smallest absolute Gasteiger partial charge is 0.105 e. The first-order valence-corrected chi connectivity index (χ1v) is 7.63. The third kappa shape index (κ3) is 5.11. The molecule has 0 atom stereocenters. The summed E-state index contributed by atoms with van der Waals surface area (Å²) in [7, 11) is 4.60. The number of hydrogen-bond donors (Lipinski definition) is 0.